The molecule has 5 heteroatoms. The standard InChI is InChI=1S/C28H40O4Si/c1-22-19-24(32-25(20-22)21-23(30)15-17-29)16-18-31-33(28(2,3)4,26-11-7-5-8-12-26)27-13-9-6-10-14-27/h5-14,23-25,29-30H,1,15-21H2,2-4H3/t23-,24-,25+/m0/s1. The van der Waals surface area contributed by atoms with Gasteiger partial charge in [-0.15, -0.1) is 0 Å². The van der Waals surface area contributed by atoms with Gasteiger partial charge in [0.05, 0.1) is 18.3 Å². The molecular formula is C28H40O4Si. The zero-order valence-corrected chi connectivity index (χ0v) is 21.4. The Kier molecular flexibility index (Phi) is 9.07. The van der Waals surface area contributed by atoms with Crippen LogP contribution in [0.4, 0.5) is 0 Å². The molecule has 1 saturated heterocycles. The second-order valence-electron chi connectivity index (χ2n) is 10.2. The monoisotopic (exact) mass is 468 g/mol. The Labute approximate surface area is 200 Å². The average Bonchev–Trinajstić information content (AvgIpc) is 2.77. The van der Waals surface area contributed by atoms with Gasteiger partial charge in [-0.25, -0.2) is 0 Å². The van der Waals surface area contributed by atoms with E-state index in [0.29, 0.717) is 19.4 Å². The molecule has 180 valence electrons. The quantitative estimate of drug-likeness (QED) is 0.405. The lowest BCUT2D eigenvalue weighted by molar-refractivity contribution is -0.0609. The Morgan fingerprint density at radius 1 is 1.00 bits per heavy atom. The highest BCUT2D eigenvalue weighted by atomic mass is 28.4. The highest BCUT2D eigenvalue weighted by Crippen LogP contribution is 2.37. The molecule has 0 aliphatic carbocycles. The molecule has 1 heterocycles. The van der Waals surface area contributed by atoms with Crippen molar-refractivity contribution in [1.29, 1.82) is 0 Å². The molecule has 33 heavy (non-hydrogen) atoms. The lowest BCUT2D eigenvalue weighted by Crippen LogP contribution is -2.66. The molecule has 0 amide bonds. The molecule has 1 aliphatic rings. The Morgan fingerprint density at radius 3 is 2.06 bits per heavy atom. The van der Waals surface area contributed by atoms with Gasteiger partial charge in [0.15, 0.2) is 0 Å². The number of aliphatic hydroxyl groups is 2. The third kappa shape index (κ3) is 6.43. The van der Waals surface area contributed by atoms with Gasteiger partial charge in [-0.2, -0.15) is 0 Å². The van der Waals surface area contributed by atoms with Crippen molar-refractivity contribution in [2.75, 3.05) is 13.2 Å². The Morgan fingerprint density at radius 2 is 1.55 bits per heavy atom. The van der Waals surface area contributed by atoms with Gasteiger partial charge in [-0.05, 0) is 47.5 Å². The maximum absolute atomic E-state index is 10.1. The van der Waals surface area contributed by atoms with Crippen molar-refractivity contribution >= 4 is 18.7 Å². The third-order valence-corrected chi connectivity index (χ3v) is 11.6. The molecule has 0 aromatic heterocycles. The third-order valence-electron chi connectivity index (χ3n) is 6.59. The van der Waals surface area contributed by atoms with Gasteiger partial charge in [0, 0.05) is 13.2 Å². The van der Waals surface area contributed by atoms with Gasteiger partial charge in [0.1, 0.15) is 0 Å². The van der Waals surface area contributed by atoms with Crippen LogP contribution in [-0.2, 0) is 9.16 Å². The summed E-state index contributed by atoms with van der Waals surface area (Å²) in [7, 11) is -2.55. The zero-order valence-electron chi connectivity index (χ0n) is 20.4. The largest absolute Gasteiger partial charge is 0.407 e. The molecule has 0 unspecified atom stereocenters. The van der Waals surface area contributed by atoms with E-state index in [1.807, 2.05) is 0 Å². The predicted molar refractivity (Wildman–Crippen MR) is 138 cm³/mol. The molecular weight excluding hydrogens is 428 g/mol. The molecule has 0 saturated carbocycles. The van der Waals surface area contributed by atoms with E-state index in [1.165, 1.54) is 10.4 Å². The van der Waals surface area contributed by atoms with Crippen molar-refractivity contribution < 1.29 is 19.4 Å². The van der Waals surface area contributed by atoms with Crippen molar-refractivity contribution in [1.82, 2.24) is 0 Å². The van der Waals surface area contributed by atoms with Crippen LogP contribution in [0.1, 0.15) is 52.9 Å². The number of rotatable bonds is 10. The van der Waals surface area contributed by atoms with Crippen molar-refractivity contribution in [3.63, 3.8) is 0 Å². The lowest BCUT2D eigenvalue weighted by atomic mass is 9.94. The van der Waals surface area contributed by atoms with Gasteiger partial charge in [0.2, 0.25) is 0 Å². The smallest absolute Gasteiger partial charge is 0.261 e. The Bertz CT molecular complexity index is 823. The van der Waals surface area contributed by atoms with Crippen LogP contribution in [0.15, 0.2) is 72.8 Å². The number of aliphatic hydroxyl groups excluding tert-OH is 2. The minimum Gasteiger partial charge on any atom is -0.407 e. The summed E-state index contributed by atoms with van der Waals surface area (Å²) in [6.45, 7) is 11.7. The van der Waals surface area contributed by atoms with Crippen molar-refractivity contribution in [2.24, 2.45) is 0 Å². The minimum absolute atomic E-state index is 0.00934. The summed E-state index contributed by atoms with van der Waals surface area (Å²) >= 11 is 0. The average molecular weight is 469 g/mol. The van der Waals surface area contributed by atoms with E-state index in [9.17, 15) is 5.11 Å². The van der Waals surface area contributed by atoms with Crippen molar-refractivity contribution in [3.8, 4) is 0 Å². The first-order valence-electron chi connectivity index (χ1n) is 12.1. The Balaban J connectivity index is 1.77. The molecule has 2 aromatic carbocycles. The van der Waals surface area contributed by atoms with Crippen LogP contribution in [-0.4, -0.2) is 50.1 Å². The van der Waals surface area contributed by atoms with Crippen LogP contribution >= 0.6 is 0 Å². The first-order valence-corrected chi connectivity index (χ1v) is 14.0. The molecule has 2 aromatic rings. The molecule has 0 bridgehead atoms. The van der Waals surface area contributed by atoms with Crippen LogP contribution in [0.25, 0.3) is 0 Å². The number of ether oxygens (including phenoxy) is 1. The summed E-state index contributed by atoms with van der Waals surface area (Å²) in [4.78, 5) is 0. The molecule has 3 atom stereocenters. The fraction of sp³-hybridized carbons (Fsp3) is 0.500. The fourth-order valence-electron chi connectivity index (χ4n) is 5.08. The summed E-state index contributed by atoms with van der Waals surface area (Å²) in [6, 6.07) is 21.4. The second-order valence-corrected chi connectivity index (χ2v) is 14.5. The van der Waals surface area contributed by atoms with Crippen LogP contribution in [0, 0.1) is 0 Å². The minimum atomic E-state index is -2.55. The summed E-state index contributed by atoms with van der Waals surface area (Å²) in [5.74, 6) is 0. The Hall–Kier alpha value is -1.76. The summed E-state index contributed by atoms with van der Waals surface area (Å²) in [6.07, 6.45) is 2.75. The molecule has 2 N–H and O–H groups in total. The SMILES string of the molecule is C=C1C[C@H](C[C@@H](O)CCO)O[C@@H](CCO[Si](c2ccccc2)(c2ccccc2)C(C)(C)C)C1. The second kappa shape index (κ2) is 11.6. The van der Waals surface area contributed by atoms with E-state index >= 15 is 0 Å². The molecule has 1 fully saturated rings. The van der Waals surface area contributed by atoms with E-state index in [-0.39, 0.29) is 23.9 Å². The van der Waals surface area contributed by atoms with E-state index in [1.54, 1.807) is 0 Å². The van der Waals surface area contributed by atoms with Crippen molar-refractivity contribution in [2.45, 2.75) is 76.2 Å². The highest BCUT2D eigenvalue weighted by molar-refractivity contribution is 6.99. The number of benzene rings is 2. The van der Waals surface area contributed by atoms with Crippen LogP contribution < -0.4 is 10.4 Å². The van der Waals surface area contributed by atoms with Gasteiger partial charge in [-0.3, -0.25) is 0 Å². The molecule has 0 radical (unpaired) electrons. The van der Waals surface area contributed by atoms with Crippen LogP contribution in [0.3, 0.4) is 0 Å². The molecule has 4 nitrogen and oxygen atoms in total. The maximum atomic E-state index is 10.1. The molecule has 1 aliphatic heterocycles. The van der Waals surface area contributed by atoms with E-state index < -0.39 is 14.4 Å². The summed E-state index contributed by atoms with van der Waals surface area (Å²) in [5.41, 5.74) is 1.16. The summed E-state index contributed by atoms with van der Waals surface area (Å²) in [5, 5.41) is 21.7. The van der Waals surface area contributed by atoms with Crippen molar-refractivity contribution in [3.05, 3.63) is 72.8 Å². The topological polar surface area (TPSA) is 58.9 Å². The fourth-order valence-corrected chi connectivity index (χ4v) is 9.66. The van der Waals surface area contributed by atoms with Crippen LogP contribution in [0.2, 0.25) is 5.04 Å². The van der Waals surface area contributed by atoms with Gasteiger partial charge in [0.25, 0.3) is 8.32 Å². The van der Waals surface area contributed by atoms with Gasteiger partial charge < -0.3 is 19.4 Å². The zero-order chi connectivity index (χ0) is 23.9. The van der Waals surface area contributed by atoms with Gasteiger partial charge in [-0.1, -0.05) is 93.6 Å². The lowest BCUT2D eigenvalue weighted by Gasteiger charge is -2.43. The molecule has 3 rings (SSSR count). The highest BCUT2D eigenvalue weighted by Gasteiger charge is 2.50. The van der Waals surface area contributed by atoms with E-state index in [2.05, 4.69) is 88.0 Å². The maximum Gasteiger partial charge on any atom is 0.261 e. The molecule has 0 spiro atoms. The van der Waals surface area contributed by atoms with Gasteiger partial charge >= 0.3 is 0 Å². The normalized spacial score (nSPS) is 20.6. The first kappa shape index (κ1) is 25.9. The number of hydrogen-bond donors (Lipinski definition) is 2. The predicted octanol–water partition coefficient (Wildman–Crippen LogP) is 4.19. The van der Waals surface area contributed by atoms with Crippen LogP contribution in [0.5, 0.6) is 0 Å². The summed E-state index contributed by atoms with van der Waals surface area (Å²) < 4.78 is 13.3. The first-order chi connectivity index (χ1) is 15.8. The number of hydrogen-bond acceptors (Lipinski definition) is 4. The van der Waals surface area contributed by atoms with E-state index in [0.717, 1.165) is 24.8 Å². The van der Waals surface area contributed by atoms with E-state index in [4.69, 9.17) is 14.3 Å².